The van der Waals surface area contributed by atoms with Crippen LogP contribution in [-0.4, -0.2) is 39.8 Å². The quantitative estimate of drug-likeness (QED) is 0.912. The summed E-state index contributed by atoms with van der Waals surface area (Å²) in [6.45, 7) is 1.94. The Hall–Kier alpha value is -0.650. The van der Waals surface area contributed by atoms with E-state index in [9.17, 15) is 0 Å². The van der Waals surface area contributed by atoms with Crippen molar-refractivity contribution in [1.82, 2.24) is 15.0 Å². The van der Waals surface area contributed by atoms with Crippen molar-refractivity contribution in [2.24, 2.45) is 5.92 Å². The number of aliphatic hydroxyl groups is 1. The van der Waals surface area contributed by atoms with Crippen molar-refractivity contribution in [3.8, 4) is 0 Å². The number of aliphatic hydroxyl groups excluding tert-OH is 1. The van der Waals surface area contributed by atoms with Gasteiger partial charge in [0.15, 0.2) is 0 Å². The molecule has 0 saturated carbocycles. The maximum Gasteiger partial charge on any atom is 0.230 e. The number of rotatable bonds is 3. The smallest absolute Gasteiger partial charge is 0.230 e. The Kier molecular flexibility index (Phi) is 4.36. The third-order valence-electron chi connectivity index (χ3n) is 2.91. The van der Waals surface area contributed by atoms with E-state index in [1.54, 1.807) is 0 Å². The van der Waals surface area contributed by atoms with E-state index in [-0.39, 0.29) is 17.2 Å². The van der Waals surface area contributed by atoms with E-state index in [1.165, 1.54) is 0 Å². The minimum atomic E-state index is 0.115. The number of hydrogen-bond donors (Lipinski definition) is 1. The van der Waals surface area contributed by atoms with Crippen LogP contribution in [0.3, 0.4) is 0 Å². The topological polar surface area (TPSA) is 62.1 Å². The molecule has 0 spiro atoms. The SMILES string of the molecule is OCCC1CCCN(c2nc(Cl)nc(Cl)n2)C1. The van der Waals surface area contributed by atoms with Gasteiger partial charge >= 0.3 is 0 Å². The zero-order valence-electron chi connectivity index (χ0n) is 9.31. The molecule has 0 aliphatic carbocycles. The summed E-state index contributed by atoms with van der Waals surface area (Å²) in [5, 5.41) is 9.19. The van der Waals surface area contributed by atoms with Crippen molar-refractivity contribution in [1.29, 1.82) is 0 Å². The van der Waals surface area contributed by atoms with Gasteiger partial charge in [0.25, 0.3) is 0 Å². The van der Waals surface area contributed by atoms with Gasteiger partial charge in [0.1, 0.15) is 0 Å². The number of nitrogens with zero attached hydrogens (tertiary/aromatic N) is 4. The summed E-state index contributed by atoms with van der Waals surface area (Å²) in [6, 6.07) is 0. The third-order valence-corrected chi connectivity index (χ3v) is 3.25. The van der Waals surface area contributed by atoms with Crippen LogP contribution in [0.1, 0.15) is 19.3 Å². The maximum atomic E-state index is 8.96. The predicted molar refractivity (Wildman–Crippen MR) is 66.5 cm³/mol. The van der Waals surface area contributed by atoms with Gasteiger partial charge in [-0.25, -0.2) is 0 Å². The molecule has 0 amide bonds. The summed E-state index contributed by atoms with van der Waals surface area (Å²) < 4.78 is 0. The monoisotopic (exact) mass is 276 g/mol. The minimum Gasteiger partial charge on any atom is -0.396 e. The molecule has 2 heterocycles. The van der Waals surface area contributed by atoms with Gasteiger partial charge in [-0.05, 0) is 48.4 Å². The summed E-state index contributed by atoms with van der Waals surface area (Å²) >= 11 is 11.5. The maximum absolute atomic E-state index is 8.96. The molecule has 0 aromatic carbocycles. The Balaban J connectivity index is 2.10. The van der Waals surface area contributed by atoms with Crippen LogP contribution in [-0.2, 0) is 0 Å². The van der Waals surface area contributed by atoms with Crippen molar-refractivity contribution in [2.75, 3.05) is 24.6 Å². The van der Waals surface area contributed by atoms with Crippen LogP contribution in [0.5, 0.6) is 0 Å². The van der Waals surface area contributed by atoms with E-state index in [4.69, 9.17) is 28.3 Å². The van der Waals surface area contributed by atoms with Crippen LogP contribution in [0.2, 0.25) is 10.6 Å². The summed E-state index contributed by atoms with van der Waals surface area (Å²) in [4.78, 5) is 13.9. The second-order valence-electron chi connectivity index (χ2n) is 4.14. The minimum absolute atomic E-state index is 0.115. The first-order valence-electron chi connectivity index (χ1n) is 5.62. The van der Waals surface area contributed by atoms with E-state index < -0.39 is 0 Å². The van der Waals surface area contributed by atoms with Crippen molar-refractivity contribution >= 4 is 29.2 Å². The zero-order chi connectivity index (χ0) is 12.3. The lowest BCUT2D eigenvalue weighted by Gasteiger charge is -2.32. The third kappa shape index (κ3) is 3.40. The highest BCUT2D eigenvalue weighted by Gasteiger charge is 2.22. The van der Waals surface area contributed by atoms with Gasteiger partial charge in [0, 0.05) is 19.7 Å². The lowest BCUT2D eigenvalue weighted by atomic mass is 9.95. The summed E-state index contributed by atoms with van der Waals surface area (Å²) in [5.41, 5.74) is 0. The molecular weight excluding hydrogens is 263 g/mol. The fraction of sp³-hybridized carbons (Fsp3) is 0.700. The van der Waals surface area contributed by atoms with E-state index in [0.717, 1.165) is 32.4 Å². The Bertz CT molecular complexity index is 368. The molecule has 1 aliphatic rings. The number of hydrogen-bond acceptors (Lipinski definition) is 5. The predicted octanol–water partition coefficient (Wildman–Crippen LogP) is 1.78. The molecule has 94 valence electrons. The molecule has 1 saturated heterocycles. The van der Waals surface area contributed by atoms with Crippen molar-refractivity contribution < 1.29 is 5.11 Å². The van der Waals surface area contributed by atoms with Crippen LogP contribution in [0.4, 0.5) is 5.95 Å². The Morgan fingerprint density at radius 2 is 1.94 bits per heavy atom. The standard InChI is InChI=1S/C10H14Cl2N4O/c11-8-13-9(12)15-10(14-8)16-4-1-2-7(6-16)3-5-17/h7,17H,1-6H2. The first kappa shape index (κ1) is 12.8. The van der Waals surface area contributed by atoms with Crippen LogP contribution < -0.4 is 4.90 Å². The number of aromatic nitrogens is 3. The fourth-order valence-electron chi connectivity index (χ4n) is 2.12. The van der Waals surface area contributed by atoms with Gasteiger partial charge in [-0.15, -0.1) is 0 Å². The van der Waals surface area contributed by atoms with Crippen LogP contribution in [0, 0.1) is 5.92 Å². The highest BCUT2D eigenvalue weighted by molar-refractivity contribution is 6.31. The van der Waals surface area contributed by atoms with Gasteiger partial charge in [-0.1, -0.05) is 0 Å². The molecule has 1 aromatic heterocycles. The molecule has 1 unspecified atom stereocenters. The highest BCUT2D eigenvalue weighted by atomic mass is 35.5. The van der Waals surface area contributed by atoms with E-state index >= 15 is 0 Å². The fourth-order valence-corrected chi connectivity index (χ4v) is 2.48. The van der Waals surface area contributed by atoms with E-state index in [2.05, 4.69) is 15.0 Å². The summed E-state index contributed by atoms with van der Waals surface area (Å²) in [5.74, 6) is 1.00. The van der Waals surface area contributed by atoms with Crippen molar-refractivity contribution in [3.05, 3.63) is 10.6 Å². The van der Waals surface area contributed by atoms with Gasteiger partial charge in [-0.2, -0.15) is 15.0 Å². The number of piperidine rings is 1. The van der Waals surface area contributed by atoms with E-state index in [1.807, 2.05) is 4.90 Å². The van der Waals surface area contributed by atoms with Crippen LogP contribution in [0.15, 0.2) is 0 Å². The second kappa shape index (κ2) is 5.80. The molecule has 1 fully saturated rings. The summed E-state index contributed by atoms with van der Waals surface area (Å²) in [7, 11) is 0. The lowest BCUT2D eigenvalue weighted by molar-refractivity contribution is 0.244. The lowest BCUT2D eigenvalue weighted by Crippen LogP contribution is -2.37. The molecule has 2 rings (SSSR count). The first-order chi connectivity index (χ1) is 8.19. The highest BCUT2D eigenvalue weighted by Crippen LogP contribution is 2.23. The molecule has 0 radical (unpaired) electrons. The molecule has 1 aromatic rings. The van der Waals surface area contributed by atoms with Crippen molar-refractivity contribution in [2.45, 2.75) is 19.3 Å². The average molecular weight is 277 g/mol. The Morgan fingerprint density at radius 3 is 2.59 bits per heavy atom. The zero-order valence-corrected chi connectivity index (χ0v) is 10.8. The van der Waals surface area contributed by atoms with Crippen molar-refractivity contribution in [3.63, 3.8) is 0 Å². The molecular formula is C10H14Cl2N4O. The van der Waals surface area contributed by atoms with E-state index in [0.29, 0.717) is 11.9 Å². The molecule has 0 bridgehead atoms. The summed E-state index contributed by atoms with van der Waals surface area (Å²) in [6.07, 6.45) is 3.00. The molecule has 5 nitrogen and oxygen atoms in total. The largest absolute Gasteiger partial charge is 0.396 e. The van der Waals surface area contributed by atoms with Gasteiger partial charge in [0.2, 0.25) is 16.5 Å². The van der Waals surface area contributed by atoms with Gasteiger partial charge in [-0.3, -0.25) is 0 Å². The van der Waals surface area contributed by atoms with Gasteiger partial charge < -0.3 is 10.0 Å². The van der Waals surface area contributed by atoms with Crippen LogP contribution in [0.25, 0.3) is 0 Å². The Labute approximate surface area is 110 Å². The average Bonchev–Trinajstić information content (AvgIpc) is 2.28. The molecule has 1 aliphatic heterocycles. The first-order valence-corrected chi connectivity index (χ1v) is 6.37. The molecule has 7 heteroatoms. The normalized spacial score (nSPS) is 20.6. The number of anilines is 1. The molecule has 1 N–H and O–H groups in total. The van der Waals surface area contributed by atoms with Gasteiger partial charge in [0.05, 0.1) is 0 Å². The Morgan fingerprint density at radius 1 is 1.24 bits per heavy atom. The molecule has 1 atom stereocenters. The molecule has 17 heavy (non-hydrogen) atoms. The number of halogens is 2. The van der Waals surface area contributed by atoms with Crippen LogP contribution >= 0.6 is 23.2 Å². The second-order valence-corrected chi connectivity index (χ2v) is 4.82.